The molecule has 1 aliphatic rings. The van der Waals surface area contributed by atoms with E-state index in [4.69, 9.17) is 14.2 Å². The second kappa shape index (κ2) is 17.4. The van der Waals surface area contributed by atoms with Gasteiger partial charge in [-0.15, -0.1) is 0 Å². The van der Waals surface area contributed by atoms with E-state index in [2.05, 4.69) is 36.1 Å². The third-order valence-electron chi connectivity index (χ3n) is 6.96. The predicted octanol–water partition coefficient (Wildman–Crippen LogP) is 5.61. The van der Waals surface area contributed by atoms with Crippen molar-refractivity contribution in [2.24, 2.45) is 0 Å². The van der Waals surface area contributed by atoms with Crippen molar-refractivity contribution in [3.63, 3.8) is 0 Å². The summed E-state index contributed by atoms with van der Waals surface area (Å²) in [7, 11) is 0. The first-order chi connectivity index (χ1) is 18.2. The summed E-state index contributed by atoms with van der Waals surface area (Å²) in [5, 5.41) is 19.3. The molecule has 1 heterocycles. The fourth-order valence-corrected chi connectivity index (χ4v) is 4.76. The molecule has 2 N–H and O–H groups in total. The SMILES string of the molecule is CCCCCCCCCCOc1ccc(-c2ccc(OCCN3CCOC3)c(CCO)c2)cc1CCO. The first-order valence-electron chi connectivity index (χ1n) is 14.3. The van der Waals surface area contributed by atoms with Crippen LogP contribution in [0.2, 0.25) is 0 Å². The summed E-state index contributed by atoms with van der Waals surface area (Å²) in [5.41, 5.74) is 4.16. The van der Waals surface area contributed by atoms with Crippen LogP contribution in [0.5, 0.6) is 11.5 Å². The van der Waals surface area contributed by atoms with Crippen LogP contribution >= 0.6 is 0 Å². The lowest BCUT2D eigenvalue weighted by atomic mass is 9.98. The maximum atomic E-state index is 9.64. The van der Waals surface area contributed by atoms with Crippen molar-refractivity contribution in [3.8, 4) is 22.6 Å². The average molecular weight is 514 g/mol. The number of aliphatic hydroxyl groups is 2. The van der Waals surface area contributed by atoms with Crippen LogP contribution in [0.3, 0.4) is 0 Å². The van der Waals surface area contributed by atoms with E-state index in [1.54, 1.807) is 0 Å². The number of aliphatic hydroxyl groups excluding tert-OH is 2. The molecular weight excluding hydrogens is 466 g/mol. The molecule has 6 nitrogen and oxygen atoms in total. The Labute approximate surface area is 223 Å². The highest BCUT2D eigenvalue weighted by Gasteiger charge is 2.13. The fourth-order valence-electron chi connectivity index (χ4n) is 4.76. The number of unbranched alkanes of at least 4 members (excludes halogenated alkanes) is 7. The molecule has 0 radical (unpaired) electrons. The Morgan fingerprint density at radius 3 is 1.86 bits per heavy atom. The fraction of sp³-hybridized carbons (Fsp3) is 0.613. The maximum absolute atomic E-state index is 9.64. The van der Waals surface area contributed by atoms with Crippen molar-refractivity contribution in [2.45, 2.75) is 71.1 Å². The normalized spacial score (nSPS) is 13.8. The van der Waals surface area contributed by atoms with Gasteiger partial charge in [-0.05, 0) is 65.8 Å². The standard InChI is InChI=1S/C31H47NO5/c1-2-3-4-5-6-7-8-9-20-36-30-12-10-26(23-28(30)14-18-33)27-11-13-31(29(24-27)15-19-34)37-22-17-32-16-21-35-25-32/h10-13,23-24,33-34H,2-9,14-22,25H2,1H3. The number of hydrogen-bond acceptors (Lipinski definition) is 6. The molecule has 0 atom stereocenters. The van der Waals surface area contributed by atoms with Gasteiger partial charge in [0.05, 0.1) is 19.9 Å². The predicted molar refractivity (Wildman–Crippen MR) is 149 cm³/mol. The average Bonchev–Trinajstić information content (AvgIpc) is 3.43. The van der Waals surface area contributed by atoms with Crippen molar-refractivity contribution in [1.82, 2.24) is 4.90 Å². The molecule has 0 aliphatic carbocycles. The van der Waals surface area contributed by atoms with Crippen LogP contribution in [0.25, 0.3) is 11.1 Å². The third-order valence-corrected chi connectivity index (χ3v) is 6.96. The van der Waals surface area contributed by atoms with Crippen molar-refractivity contribution in [3.05, 3.63) is 47.5 Å². The monoisotopic (exact) mass is 513 g/mol. The van der Waals surface area contributed by atoms with Gasteiger partial charge in [-0.3, -0.25) is 4.90 Å². The zero-order valence-electron chi connectivity index (χ0n) is 22.8. The lowest BCUT2D eigenvalue weighted by Crippen LogP contribution is -2.25. The summed E-state index contributed by atoms with van der Waals surface area (Å²) >= 11 is 0. The molecule has 0 spiro atoms. The van der Waals surface area contributed by atoms with Gasteiger partial charge in [0, 0.05) is 26.3 Å². The molecule has 1 saturated heterocycles. The van der Waals surface area contributed by atoms with Crippen LogP contribution in [0.4, 0.5) is 0 Å². The van der Waals surface area contributed by atoms with E-state index in [0.29, 0.717) is 32.8 Å². The van der Waals surface area contributed by atoms with Gasteiger partial charge in [0.15, 0.2) is 0 Å². The minimum Gasteiger partial charge on any atom is -0.493 e. The molecule has 0 unspecified atom stereocenters. The Kier molecular flexibility index (Phi) is 13.8. The zero-order chi connectivity index (χ0) is 26.1. The Morgan fingerprint density at radius 1 is 0.757 bits per heavy atom. The van der Waals surface area contributed by atoms with E-state index in [1.807, 2.05) is 12.1 Å². The van der Waals surface area contributed by atoms with Crippen molar-refractivity contribution in [1.29, 1.82) is 0 Å². The summed E-state index contributed by atoms with van der Waals surface area (Å²) in [6.07, 6.45) is 11.3. The molecule has 2 aromatic rings. The van der Waals surface area contributed by atoms with Gasteiger partial charge >= 0.3 is 0 Å². The number of nitrogens with zero attached hydrogens (tertiary/aromatic N) is 1. The number of hydrogen-bond donors (Lipinski definition) is 2. The van der Waals surface area contributed by atoms with Gasteiger partial charge in [-0.25, -0.2) is 0 Å². The van der Waals surface area contributed by atoms with Gasteiger partial charge in [-0.1, -0.05) is 64.0 Å². The quantitative estimate of drug-likeness (QED) is 0.238. The molecule has 0 amide bonds. The third kappa shape index (κ3) is 10.3. The molecule has 0 saturated carbocycles. The Balaban J connectivity index is 1.56. The Bertz CT molecular complexity index is 897. The second-order valence-electron chi connectivity index (χ2n) is 9.92. The molecule has 6 heteroatoms. The van der Waals surface area contributed by atoms with E-state index in [0.717, 1.165) is 59.9 Å². The molecule has 1 fully saturated rings. The summed E-state index contributed by atoms with van der Waals surface area (Å²) in [6, 6.07) is 12.4. The highest BCUT2D eigenvalue weighted by atomic mass is 16.5. The van der Waals surface area contributed by atoms with E-state index >= 15 is 0 Å². The van der Waals surface area contributed by atoms with Crippen LogP contribution in [0.15, 0.2) is 36.4 Å². The second-order valence-corrected chi connectivity index (χ2v) is 9.92. The Morgan fingerprint density at radius 2 is 1.32 bits per heavy atom. The highest BCUT2D eigenvalue weighted by Crippen LogP contribution is 2.31. The molecule has 37 heavy (non-hydrogen) atoms. The molecule has 0 bridgehead atoms. The summed E-state index contributed by atoms with van der Waals surface area (Å²) < 4.78 is 17.6. The first-order valence-corrected chi connectivity index (χ1v) is 14.3. The summed E-state index contributed by atoms with van der Waals surface area (Å²) in [6.45, 7) is 6.93. The minimum atomic E-state index is 0.0705. The molecule has 206 valence electrons. The molecule has 1 aliphatic heterocycles. The summed E-state index contributed by atoms with van der Waals surface area (Å²) in [4.78, 5) is 2.22. The molecular formula is C31H47NO5. The van der Waals surface area contributed by atoms with Crippen LogP contribution < -0.4 is 9.47 Å². The van der Waals surface area contributed by atoms with Gasteiger partial charge in [0.2, 0.25) is 0 Å². The number of ether oxygens (including phenoxy) is 3. The largest absolute Gasteiger partial charge is 0.493 e. The molecule has 2 aromatic carbocycles. The zero-order valence-corrected chi connectivity index (χ0v) is 22.8. The molecule has 3 rings (SSSR count). The highest BCUT2D eigenvalue weighted by molar-refractivity contribution is 5.68. The summed E-state index contributed by atoms with van der Waals surface area (Å²) in [5.74, 6) is 1.68. The number of benzene rings is 2. The van der Waals surface area contributed by atoms with E-state index in [-0.39, 0.29) is 13.2 Å². The van der Waals surface area contributed by atoms with Crippen LogP contribution in [-0.4, -0.2) is 68.0 Å². The Hall–Kier alpha value is -2.12. The van der Waals surface area contributed by atoms with Gasteiger partial charge < -0.3 is 24.4 Å². The first kappa shape index (κ1) is 29.4. The maximum Gasteiger partial charge on any atom is 0.122 e. The van der Waals surface area contributed by atoms with Gasteiger partial charge in [0.1, 0.15) is 18.1 Å². The van der Waals surface area contributed by atoms with E-state index in [1.165, 1.54) is 44.9 Å². The smallest absolute Gasteiger partial charge is 0.122 e. The lowest BCUT2D eigenvalue weighted by Gasteiger charge is -2.17. The van der Waals surface area contributed by atoms with E-state index < -0.39 is 0 Å². The minimum absolute atomic E-state index is 0.0705. The van der Waals surface area contributed by atoms with Crippen LogP contribution in [0.1, 0.15) is 69.4 Å². The van der Waals surface area contributed by atoms with Crippen LogP contribution in [-0.2, 0) is 17.6 Å². The lowest BCUT2D eigenvalue weighted by molar-refractivity contribution is 0.129. The molecule has 0 aromatic heterocycles. The van der Waals surface area contributed by atoms with Crippen LogP contribution in [0, 0.1) is 0 Å². The van der Waals surface area contributed by atoms with E-state index in [9.17, 15) is 10.2 Å². The van der Waals surface area contributed by atoms with Gasteiger partial charge in [-0.2, -0.15) is 0 Å². The topological polar surface area (TPSA) is 71.4 Å². The van der Waals surface area contributed by atoms with Gasteiger partial charge in [0.25, 0.3) is 0 Å². The van der Waals surface area contributed by atoms with Crippen molar-refractivity contribution in [2.75, 3.05) is 52.9 Å². The van der Waals surface area contributed by atoms with Crippen molar-refractivity contribution >= 4 is 0 Å². The van der Waals surface area contributed by atoms with Crippen molar-refractivity contribution < 1.29 is 24.4 Å². The number of rotatable bonds is 19.